The Balaban J connectivity index is 1.64. The molecule has 3 aromatic rings. The van der Waals surface area contributed by atoms with Gasteiger partial charge in [-0.25, -0.2) is 9.78 Å². The minimum absolute atomic E-state index is 0.117. The molecule has 33 heavy (non-hydrogen) atoms. The average molecular weight is 515 g/mol. The van der Waals surface area contributed by atoms with Gasteiger partial charge in [0, 0.05) is 50.5 Å². The third kappa shape index (κ3) is 5.40. The Labute approximate surface area is 203 Å². The Hall–Kier alpha value is -2.81. The van der Waals surface area contributed by atoms with Crippen molar-refractivity contribution < 1.29 is 9.53 Å². The van der Waals surface area contributed by atoms with E-state index in [1.807, 2.05) is 53.1 Å². The van der Waals surface area contributed by atoms with Crippen molar-refractivity contribution in [1.82, 2.24) is 19.5 Å². The number of carbonyl (C=O) groups is 1. The lowest BCUT2D eigenvalue weighted by atomic mass is 9.94. The molecular weight excluding hydrogens is 484 g/mol. The Morgan fingerprint density at radius 1 is 1.27 bits per heavy atom. The van der Waals surface area contributed by atoms with Crippen molar-refractivity contribution in [2.75, 3.05) is 37.4 Å². The van der Waals surface area contributed by atoms with Crippen LogP contribution < -0.4 is 10.2 Å². The summed E-state index contributed by atoms with van der Waals surface area (Å²) in [5.41, 5.74) is 3.23. The van der Waals surface area contributed by atoms with Crippen molar-refractivity contribution in [3.05, 3.63) is 46.7 Å². The predicted molar refractivity (Wildman–Crippen MR) is 135 cm³/mol. The molecule has 1 aliphatic heterocycles. The van der Waals surface area contributed by atoms with Crippen LogP contribution in [0.15, 0.2) is 41.0 Å². The third-order valence-corrected chi connectivity index (χ3v) is 6.13. The summed E-state index contributed by atoms with van der Waals surface area (Å²) in [6.07, 6.45) is 3.36. The average Bonchev–Trinajstić information content (AvgIpc) is 3.14. The number of ether oxygens (including phenoxy) is 1. The van der Waals surface area contributed by atoms with Crippen LogP contribution in [-0.4, -0.2) is 58.4 Å². The van der Waals surface area contributed by atoms with E-state index in [4.69, 9.17) is 9.72 Å². The maximum atomic E-state index is 12.7. The van der Waals surface area contributed by atoms with Crippen LogP contribution in [0.1, 0.15) is 45.2 Å². The summed E-state index contributed by atoms with van der Waals surface area (Å²) < 4.78 is 8.22. The molecule has 4 rings (SSSR count). The quantitative estimate of drug-likeness (QED) is 0.501. The number of amides is 1. The van der Waals surface area contributed by atoms with E-state index in [0.717, 1.165) is 45.8 Å². The van der Waals surface area contributed by atoms with Crippen LogP contribution >= 0.6 is 15.9 Å². The molecule has 1 fully saturated rings. The molecule has 0 saturated carbocycles. The zero-order valence-electron chi connectivity index (χ0n) is 19.8. The zero-order chi connectivity index (χ0) is 23.8. The van der Waals surface area contributed by atoms with Gasteiger partial charge in [0.15, 0.2) is 5.65 Å². The molecule has 0 aliphatic carbocycles. The number of piperidine rings is 1. The first-order valence-corrected chi connectivity index (χ1v) is 12.0. The van der Waals surface area contributed by atoms with E-state index in [1.54, 1.807) is 15.6 Å². The van der Waals surface area contributed by atoms with Crippen molar-refractivity contribution in [3.8, 4) is 0 Å². The fourth-order valence-electron chi connectivity index (χ4n) is 3.97. The number of nitrogens with one attached hydrogen (secondary N) is 1. The van der Waals surface area contributed by atoms with Crippen molar-refractivity contribution in [2.45, 2.75) is 45.1 Å². The molecule has 8 nitrogen and oxygen atoms in total. The van der Waals surface area contributed by atoms with E-state index in [1.165, 1.54) is 0 Å². The molecule has 1 saturated heterocycles. The first-order chi connectivity index (χ1) is 15.6. The minimum atomic E-state index is -0.512. The topological polar surface area (TPSA) is 75.0 Å². The van der Waals surface area contributed by atoms with Crippen LogP contribution in [-0.2, 0) is 4.74 Å². The predicted octanol–water partition coefficient (Wildman–Crippen LogP) is 5.42. The number of likely N-dealkylation sites (tertiary alicyclic amines) is 1. The molecule has 0 radical (unpaired) electrons. The van der Waals surface area contributed by atoms with Crippen LogP contribution in [0, 0.1) is 0 Å². The molecule has 9 heteroatoms. The number of hydrogen-bond donors (Lipinski definition) is 1. The van der Waals surface area contributed by atoms with Gasteiger partial charge in [-0.2, -0.15) is 9.61 Å². The molecule has 1 N–H and O–H groups in total. The highest BCUT2D eigenvalue weighted by Crippen LogP contribution is 2.31. The van der Waals surface area contributed by atoms with Gasteiger partial charge >= 0.3 is 6.09 Å². The van der Waals surface area contributed by atoms with E-state index < -0.39 is 5.60 Å². The fraction of sp³-hybridized carbons (Fsp3) is 0.458. The summed E-state index contributed by atoms with van der Waals surface area (Å²) in [4.78, 5) is 21.4. The Kier molecular flexibility index (Phi) is 6.52. The van der Waals surface area contributed by atoms with E-state index >= 15 is 0 Å². The highest BCUT2D eigenvalue weighted by Gasteiger charge is 2.29. The van der Waals surface area contributed by atoms with E-state index in [0.29, 0.717) is 13.1 Å². The summed E-state index contributed by atoms with van der Waals surface area (Å²) >= 11 is 3.58. The van der Waals surface area contributed by atoms with Crippen molar-refractivity contribution in [1.29, 1.82) is 0 Å². The monoisotopic (exact) mass is 514 g/mol. The second-order valence-corrected chi connectivity index (χ2v) is 10.5. The number of halogens is 1. The molecule has 3 heterocycles. The van der Waals surface area contributed by atoms with Gasteiger partial charge in [0.2, 0.25) is 0 Å². The maximum absolute atomic E-state index is 12.7. The second kappa shape index (κ2) is 9.21. The highest BCUT2D eigenvalue weighted by atomic mass is 79.9. The molecule has 0 bridgehead atoms. The lowest BCUT2D eigenvalue weighted by Gasteiger charge is -2.34. The highest BCUT2D eigenvalue weighted by molar-refractivity contribution is 9.10. The Morgan fingerprint density at radius 2 is 2.06 bits per heavy atom. The number of rotatable bonds is 4. The number of fused-ring (bicyclic) bond motifs is 1. The van der Waals surface area contributed by atoms with Crippen molar-refractivity contribution in [2.24, 2.45) is 0 Å². The van der Waals surface area contributed by atoms with Gasteiger partial charge in [0.1, 0.15) is 11.4 Å². The van der Waals surface area contributed by atoms with Crippen LogP contribution in [0.3, 0.4) is 0 Å². The van der Waals surface area contributed by atoms with Crippen LogP contribution in [0.2, 0.25) is 0 Å². The third-order valence-electron chi connectivity index (χ3n) is 5.57. The van der Waals surface area contributed by atoms with Crippen LogP contribution in [0.4, 0.5) is 22.0 Å². The molecule has 1 aliphatic rings. The van der Waals surface area contributed by atoms with Gasteiger partial charge in [-0.15, -0.1) is 0 Å². The molecule has 1 amide bonds. The second-order valence-electron chi connectivity index (χ2n) is 9.63. The fourth-order valence-corrected chi connectivity index (χ4v) is 4.32. The van der Waals surface area contributed by atoms with E-state index in [-0.39, 0.29) is 12.0 Å². The first-order valence-electron chi connectivity index (χ1n) is 11.2. The molecule has 1 atom stereocenters. The van der Waals surface area contributed by atoms with E-state index in [9.17, 15) is 4.79 Å². The maximum Gasteiger partial charge on any atom is 0.410 e. The molecule has 176 valence electrons. The van der Waals surface area contributed by atoms with Gasteiger partial charge in [0.25, 0.3) is 0 Å². The normalized spacial score (nSPS) is 16.7. The number of hydrogen-bond acceptors (Lipinski definition) is 6. The molecular formula is C24H31BrN6O2. The van der Waals surface area contributed by atoms with Gasteiger partial charge in [0.05, 0.1) is 16.4 Å². The number of carbonyl (C=O) groups excluding carboxylic acids is 1. The number of anilines is 3. The summed E-state index contributed by atoms with van der Waals surface area (Å²) in [5, 5.41) is 8.00. The number of nitrogens with zero attached hydrogens (tertiary/aromatic N) is 5. The van der Waals surface area contributed by atoms with Crippen molar-refractivity contribution >= 4 is 44.9 Å². The van der Waals surface area contributed by atoms with Gasteiger partial charge in [-0.05, 0) is 67.7 Å². The molecule has 1 unspecified atom stereocenters. The summed E-state index contributed by atoms with van der Waals surface area (Å²) in [6, 6.07) is 10.3. The van der Waals surface area contributed by atoms with E-state index in [2.05, 4.69) is 43.4 Å². The molecule has 0 spiro atoms. The Bertz CT molecular complexity index is 1150. The smallest absolute Gasteiger partial charge is 0.410 e. The summed E-state index contributed by atoms with van der Waals surface area (Å²) in [7, 11) is 4.04. The summed E-state index contributed by atoms with van der Waals surface area (Å²) in [5.74, 6) is 0.942. The largest absolute Gasteiger partial charge is 0.444 e. The van der Waals surface area contributed by atoms with Gasteiger partial charge < -0.3 is 19.9 Å². The first kappa shape index (κ1) is 23.4. The number of aromatic nitrogens is 3. The lowest BCUT2D eigenvalue weighted by Crippen LogP contribution is -2.42. The summed E-state index contributed by atoms with van der Waals surface area (Å²) in [6.45, 7) is 6.96. The lowest BCUT2D eigenvalue weighted by molar-refractivity contribution is 0.0197. The Morgan fingerprint density at radius 3 is 2.79 bits per heavy atom. The van der Waals surface area contributed by atoms with Crippen molar-refractivity contribution in [3.63, 3.8) is 0 Å². The van der Waals surface area contributed by atoms with Gasteiger partial charge in [-0.1, -0.05) is 6.07 Å². The van der Waals surface area contributed by atoms with Gasteiger partial charge in [-0.3, -0.25) is 0 Å². The van der Waals surface area contributed by atoms with Crippen LogP contribution in [0.5, 0.6) is 0 Å². The molecule has 1 aromatic carbocycles. The molecule has 2 aromatic heterocycles. The van der Waals surface area contributed by atoms with Crippen LogP contribution in [0.25, 0.3) is 5.65 Å². The zero-order valence-corrected chi connectivity index (χ0v) is 21.4. The SMILES string of the molecule is CN(C)c1cccc(Nc2cc(C3CCCN(C(=O)OC(C)(C)C)C3)nc3c(Br)cnn23)c1. The standard InChI is InChI=1S/C24H31BrN6O2/c1-24(2,3)33-23(32)30-11-7-8-16(15-30)20-13-21(31-22(28-20)19(25)14-26-31)27-17-9-6-10-18(12-17)29(4)5/h6,9-10,12-14,16,27H,7-8,11,15H2,1-5H3. The number of benzene rings is 1. The minimum Gasteiger partial charge on any atom is -0.444 e.